The molecule has 0 fully saturated rings. The highest BCUT2D eigenvalue weighted by atomic mass is 16.5. The largest absolute Gasteiger partial charge is 0.467 e. The zero-order valence-electron chi connectivity index (χ0n) is 10.4. The van der Waals surface area contributed by atoms with Crippen molar-refractivity contribution in [2.75, 3.05) is 19.0 Å². The first-order valence-corrected chi connectivity index (χ1v) is 5.65. The van der Waals surface area contributed by atoms with Gasteiger partial charge in [-0.05, 0) is 24.5 Å². The highest BCUT2D eigenvalue weighted by molar-refractivity contribution is 5.24. The fraction of sp³-hybridized carbons (Fsp3) is 0.333. The zero-order valence-corrected chi connectivity index (χ0v) is 10.4. The summed E-state index contributed by atoms with van der Waals surface area (Å²) in [4.78, 5) is 16.4. The molecule has 0 spiro atoms. The van der Waals surface area contributed by atoms with E-state index in [1.54, 1.807) is 31.9 Å². The second kappa shape index (κ2) is 5.90. The van der Waals surface area contributed by atoms with Crippen LogP contribution in [0.15, 0.2) is 24.8 Å². The molecule has 2 aromatic heterocycles. The average molecular weight is 245 g/mol. The van der Waals surface area contributed by atoms with Crippen LogP contribution in [0.3, 0.4) is 0 Å². The maximum absolute atomic E-state index is 4.90. The first kappa shape index (κ1) is 12.2. The lowest BCUT2D eigenvalue weighted by molar-refractivity contribution is 0.379. The van der Waals surface area contributed by atoms with Gasteiger partial charge in [-0.3, -0.25) is 0 Å². The van der Waals surface area contributed by atoms with Gasteiger partial charge in [-0.2, -0.15) is 0 Å². The van der Waals surface area contributed by atoms with Gasteiger partial charge in [0.05, 0.1) is 7.11 Å². The van der Waals surface area contributed by atoms with Crippen molar-refractivity contribution in [3.63, 3.8) is 0 Å². The quantitative estimate of drug-likeness (QED) is 0.854. The molecule has 0 aliphatic rings. The molecule has 94 valence electrons. The van der Waals surface area contributed by atoms with E-state index in [1.807, 2.05) is 6.92 Å². The Balaban J connectivity index is 1.82. The van der Waals surface area contributed by atoms with Gasteiger partial charge in [-0.15, -0.1) is 0 Å². The van der Waals surface area contributed by atoms with Crippen LogP contribution in [-0.4, -0.2) is 33.6 Å². The molecule has 1 N–H and O–H groups in total. The van der Waals surface area contributed by atoms with Gasteiger partial charge >= 0.3 is 6.01 Å². The van der Waals surface area contributed by atoms with Crippen molar-refractivity contribution in [3.8, 4) is 6.01 Å². The normalized spacial score (nSPS) is 10.1. The summed E-state index contributed by atoms with van der Waals surface area (Å²) in [5.41, 5.74) is 2.08. The number of ether oxygens (including phenoxy) is 1. The minimum atomic E-state index is 0.383. The van der Waals surface area contributed by atoms with Gasteiger partial charge in [0.15, 0.2) is 0 Å². The standard InChI is InChI=1S/C12H15N5O/c1-9-5-14-11(15-6-9)13-4-3-10-7-16-12(18-2)17-8-10/h5-8H,3-4H2,1-2H3,(H,13,14,15). The van der Waals surface area contributed by atoms with Crippen LogP contribution in [0.1, 0.15) is 11.1 Å². The smallest absolute Gasteiger partial charge is 0.316 e. The van der Waals surface area contributed by atoms with Crippen LogP contribution in [0.5, 0.6) is 6.01 Å². The van der Waals surface area contributed by atoms with Crippen molar-refractivity contribution < 1.29 is 4.74 Å². The molecule has 0 saturated carbocycles. The van der Waals surface area contributed by atoms with Crippen molar-refractivity contribution in [2.45, 2.75) is 13.3 Å². The lowest BCUT2D eigenvalue weighted by Crippen LogP contribution is -2.08. The third-order valence-electron chi connectivity index (χ3n) is 2.34. The van der Waals surface area contributed by atoms with Crippen LogP contribution >= 0.6 is 0 Å². The molecule has 0 aliphatic heterocycles. The van der Waals surface area contributed by atoms with E-state index in [-0.39, 0.29) is 0 Å². The van der Waals surface area contributed by atoms with E-state index in [0.717, 1.165) is 24.1 Å². The third-order valence-corrected chi connectivity index (χ3v) is 2.34. The molecule has 6 heteroatoms. The number of nitrogens with zero attached hydrogens (tertiary/aromatic N) is 4. The first-order valence-electron chi connectivity index (χ1n) is 5.65. The van der Waals surface area contributed by atoms with Gasteiger partial charge in [-0.1, -0.05) is 0 Å². The number of hydrogen-bond donors (Lipinski definition) is 1. The molecule has 18 heavy (non-hydrogen) atoms. The summed E-state index contributed by atoms with van der Waals surface area (Å²) >= 11 is 0. The number of aromatic nitrogens is 4. The molecule has 0 atom stereocenters. The molecule has 0 unspecified atom stereocenters. The Kier molecular flexibility index (Phi) is 4.01. The minimum Gasteiger partial charge on any atom is -0.467 e. The molecule has 0 bridgehead atoms. The van der Waals surface area contributed by atoms with Crippen molar-refractivity contribution in [1.29, 1.82) is 0 Å². The number of methoxy groups -OCH3 is 1. The second-order valence-electron chi connectivity index (χ2n) is 3.84. The van der Waals surface area contributed by atoms with Crippen molar-refractivity contribution >= 4 is 5.95 Å². The molecule has 0 radical (unpaired) electrons. The van der Waals surface area contributed by atoms with E-state index in [2.05, 4.69) is 25.3 Å². The van der Waals surface area contributed by atoms with Gasteiger partial charge in [0.25, 0.3) is 0 Å². The van der Waals surface area contributed by atoms with Crippen molar-refractivity contribution in [2.24, 2.45) is 0 Å². The van der Waals surface area contributed by atoms with Crippen LogP contribution in [0.25, 0.3) is 0 Å². The Hall–Kier alpha value is -2.24. The van der Waals surface area contributed by atoms with E-state index in [1.165, 1.54) is 0 Å². The highest BCUT2D eigenvalue weighted by Crippen LogP contribution is 2.03. The van der Waals surface area contributed by atoms with Crippen LogP contribution in [0.4, 0.5) is 5.95 Å². The van der Waals surface area contributed by atoms with E-state index in [4.69, 9.17) is 4.74 Å². The molecule has 6 nitrogen and oxygen atoms in total. The Morgan fingerprint density at radius 2 is 1.72 bits per heavy atom. The van der Waals surface area contributed by atoms with Gasteiger partial charge < -0.3 is 10.1 Å². The summed E-state index contributed by atoms with van der Waals surface area (Å²) in [6, 6.07) is 0.383. The summed E-state index contributed by atoms with van der Waals surface area (Å²) in [5.74, 6) is 0.634. The fourth-order valence-corrected chi connectivity index (χ4v) is 1.38. The number of rotatable bonds is 5. The summed E-state index contributed by atoms with van der Waals surface area (Å²) in [6.07, 6.45) is 7.88. The predicted octanol–water partition coefficient (Wildman–Crippen LogP) is 1.24. The number of hydrogen-bond acceptors (Lipinski definition) is 6. The molecule has 0 saturated heterocycles. The summed E-state index contributed by atoms with van der Waals surface area (Å²) < 4.78 is 4.90. The maximum atomic E-state index is 4.90. The van der Waals surface area contributed by atoms with E-state index < -0.39 is 0 Å². The van der Waals surface area contributed by atoms with Gasteiger partial charge in [0, 0.05) is 31.3 Å². The van der Waals surface area contributed by atoms with E-state index in [0.29, 0.717) is 12.0 Å². The lowest BCUT2D eigenvalue weighted by atomic mass is 10.2. The molecular formula is C12H15N5O. The minimum absolute atomic E-state index is 0.383. The van der Waals surface area contributed by atoms with Gasteiger partial charge in [0.1, 0.15) is 0 Å². The molecule has 2 aromatic rings. The Morgan fingerprint density at radius 3 is 2.33 bits per heavy atom. The molecular weight excluding hydrogens is 230 g/mol. The summed E-state index contributed by atoms with van der Waals surface area (Å²) in [6.45, 7) is 2.69. The lowest BCUT2D eigenvalue weighted by Gasteiger charge is -2.04. The average Bonchev–Trinajstić information content (AvgIpc) is 2.42. The topological polar surface area (TPSA) is 72.8 Å². The number of anilines is 1. The van der Waals surface area contributed by atoms with Crippen LogP contribution in [0.2, 0.25) is 0 Å². The van der Waals surface area contributed by atoms with Crippen LogP contribution in [0, 0.1) is 6.92 Å². The Bertz CT molecular complexity index is 483. The zero-order chi connectivity index (χ0) is 12.8. The van der Waals surface area contributed by atoms with Crippen molar-refractivity contribution in [3.05, 3.63) is 35.9 Å². The summed E-state index contributed by atoms with van der Waals surface area (Å²) in [5, 5.41) is 3.14. The maximum Gasteiger partial charge on any atom is 0.316 e. The van der Waals surface area contributed by atoms with Crippen LogP contribution < -0.4 is 10.1 Å². The summed E-state index contributed by atoms with van der Waals surface area (Å²) in [7, 11) is 1.55. The predicted molar refractivity (Wildman–Crippen MR) is 67.5 cm³/mol. The molecule has 0 aromatic carbocycles. The van der Waals surface area contributed by atoms with Gasteiger partial charge in [-0.25, -0.2) is 19.9 Å². The number of nitrogens with one attached hydrogen (secondary N) is 1. The van der Waals surface area contributed by atoms with Gasteiger partial charge in [0.2, 0.25) is 5.95 Å². The molecule has 2 rings (SSSR count). The Morgan fingerprint density at radius 1 is 1.06 bits per heavy atom. The second-order valence-corrected chi connectivity index (χ2v) is 3.84. The monoisotopic (exact) mass is 245 g/mol. The molecule has 0 amide bonds. The Labute approximate surface area is 105 Å². The number of aryl methyl sites for hydroxylation is 1. The molecule has 2 heterocycles. The van der Waals surface area contributed by atoms with E-state index in [9.17, 15) is 0 Å². The first-order chi connectivity index (χ1) is 8.78. The SMILES string of the molecule is COc1ncc(CCNc2ncc(C)cn2)cn1. The third kappa shape index (κ3) is 3.38. The molecule has 0 aliphatic carbocycles. The fourth-order valence-electron chi connectivity index (χ4n) is 1.38. The van der Waals surface area contributed by atoms with E-state index >= 15 is 0 Å². The highest BCUT2D eigenvalue weighted by Gasteiger charge is 1.98. The van der Waals surface area contributed by atoms with Crippen molar-refractivity contribution in [1.82, 2.24) is 19.9 Å². The van der Waals surface area contributed by atoms with Crippen LogP contribution in [-0.2, 0) is 6.42 Å².